The first-order valence-electron chi connectivity index (χ1n) is 8.46. The van der Waals surface area contributed by atoms with Gasteiger partial charge in [0.1, 0.15) is 21.5 Å². The van der Waals surface area contributed by atoms with Crippen molar-refractivity contribution < 1.29 is 13.7 Å². The van der Waals surface area contributed by atoms with E-state index in [1.165, 1.54) is 0 Å². The summed E-state index contributed by atoms with van der Waals surface area (Å²) in [5.74, 6) is 0.475. The van der Waals surface area contributed by atoms with E-state index in [1.54, 1.807) is 18.5 Å². The fraction of sp³-hybridized carbons (Fsp3) is 0.444. The summed E-state index contributed by atoms with van der Waals surface area (Å²) in [6, 6.07) is 7.57. The summed E-state index contributed by atoms with van der Waals surface area (Å²) in [5, 5.41) is 0. The Balaban J connectivity index is 1.72. The Labute approximate surface area is 149 Å². The Morgan fingerprint density at radius 2 is 1.96 bits per heavy atom. The summed E-state index contributed by atoms with van der Waals surface area (Å²) >= 11 is 0. The monoisotopic (exact) mass is 359 g/mol. The van der Waals surface area contributed by atoms with Gasteiger partial charge in [0.15, 0.2) is 0 Å². The molecule has 4 heterocycles. The number of hydrogen-bond acceptors (Lipinski definition) is 5. The summed E-state index contributed by atoms with van der Waals surface area (Å²) in [6.45, 7) is 4.39. The molecule has 1 saturated heterocycles. The van der Waals surface area contributed by atoms with Crippen molar-refractivity contribution in [2.24, 2.45) is 0 Å². The number of hydrogen-bond donors (Lipinski definition) is 0. The minimum Gasteiger partial charge on any atom is -0.469 e. The number of fused-ring (bicyclic) bond motifs is 1. The van der Waals surface area contributed by atoms with E-state index in [0.717, 1.165) is 24.1 Å². The molecule has 0 aromatic carbocycles. The van der Waals surface area contributed by atoms with E-state index in [2.05, 4.69) is 9.97 Å². The zero-order valence-electron chi connectivity index (χ0n) is 14.2. The van der Waals surface area contributed by atoms with Gasteiger partial charge in [0.05, 0.1) is 32.0 Å². The SMILES string of the molecule is Cc1cccnc1CN1CC2(CCOCC2)Oc2ncccc2S1=O. The Kier molecular flexibility index (Phi) is 4.54. The van der Waals surface area contributed by atoms with Gasteiger partial charge >= 0.3 is 0 Å². The van der Waals surface area contributed by atoms with Crippen LogP contribution in [0.4, 0.5) is 0 Å². The molecule has 2 aliphatic heterocycles. The molecule has 4 rings (SSSR count). The van der Waals surface area contributed by atoms with Crippen LogP contribution in [0, 0.1) is 6.92 Å². The van der Waals surface area contributed by atoms with Gasteiger partial charge in [-0.2, -0.15) is 0 Å². The van der Waals surface area contributed by atoms with Crippen molar-refractivity contribution in [1.82, 2.24) is 14.3 Å². The van der Waals surface area contributed by atoms with Crippen molar-refractivity contribution in [3.8, 4) is 5.88 Å². The largest absolute Gasteiger partial charge is 0.469 e. The second-order valence-corrected chi connectivity index (χ2v) is 7.97. The lowest BCUT2D eigenvalue weighted by molar-refractivity contribution is -0.0552. The van der Waals surface area contributed by atoms with Gasteiger partial charge in [-0.05, 0) is 30.7 Å². The molecule has 0 amide bonds. The number of ether oxygens (including phenoxy) is 2. The van der Waals surface area contributed by atoms with Crippen molar-refractivity contribution in [1.29, 1.82) is 0 Å². The minimum absolute atomic E-state index is 0.420. The van der Waals surface area contributed by atoms with Crippen molar-refractivity contribution in [3.05, 3.63) is 47.9 Å². The maximum Gasteiger partial charge on any atom is 0.231 e. The summed E-state index contributed by atoms with van der Waals surface area (Å²) in [7, 11) is -1.34. The number of pyridine rings is 2. The van der Waals surface area contributed by atoms with E-state index in [-0.39, 0.29) is 0 Å². The van der Waals surface area contributed by atoms with E-state index < -0.39 is 16.6 Å². The summed E-state index contributed by atoms with van der Waals surface area (Å²) < 4.78 is 27.0. The van der Waals surface area contributed by atoms with E-state index >= 15 is 0 Å². The predicted molar refractivity (Wildman–Crippen MR) is 93.4 cm³/mol. The van der Waals surface area contributed by atoms with Gasteiger partial charge in [-0.1, -0.05) is 6.07 Å². The third kappa shape index (κ3) is 3.31. The highest BCUT2D eigenvalue weighted by molar-refractivity contribution is 7.82. The fourth-order valence-corrected chi connectivity index (χ4v) is 4.62. The molecular formula is C18H21N3O3S. The Morgan fingerprint density at radius 1 is 1.20 bits per heavy atom. The Bertz CT molecular complexity index is 793. The predicted octanol–water partition coefficient (Wildman–Crippen LogP) is 2.25. The maximum atomic E-state index is 13.2. The number of aryl methyl sites for hydroxylation is 1. The van der Waals surface area contributed by atoms with Gasteiger partial charge in [-0.15, -0.1) is 0 Å². The first kappa shape index (κ1) is 16.6. The van der Waals surface area contributed by atoms with Crippen molar-refractivity contribution in [2.45, 2.75) is 36.8 Å². The van der Waals surface area contributed by atoms with Crippen LogP contribution in [0.25, 0.3) is 0 Å². The molecule has 2 aromatic heterocycles. The number of rotatable bonds is 2. The molecule has 1 fully saturated rings. The molecule has 25 heavy (non-hydrogen) atoms. The van der Waals surface area contributed by atoms with Gasteiger partial charge < -0.3 is 9.47 Å². The molecule has 0 saturated carbocycles. The van der Waals surface area contributed by atoms with Crippen LogP contribution in [0.1, 0.15) is 24.1 Å². The highest BCUT2D eigenvalue weighted by Gasteiger charge is 2.42. The van der Waals surface area contributed by atoms with Crippen molar-refractivity contribution in [2.75, 3.05) is 19.8 Å². The van der Waals surface area contributed by atoms with Crippen LogP contribution in [0.2, 0.25) is 0 Å². The van der Waals surface area contributed by atoms with Gasteiger partial charge in [-0.25, -0.2) is 13.5 Å². The molecule has 2 aromatic rings. The van der Waals surface area contributed by atoms with Crippen LogP contribution < -0.4 is 4.74 Å². The van der Waals surface area contributed by atoms with E-state index in [1.807, 2.05) is 29.4 Å². The van der Waals surface area contributed by atoms with E-state index in [9.17, 15) is 4.21 Å². The zero-order valence-corrected chi connectivity index (χ0v) is 15.0. The maximum absolute atomic E-state index is 13.2. The van der Waals surface area contributed by atoms with Gasteiger partial charge in [0.2, 0.25) is 5.88 Å². The summed E-state index contributed by atoms with van der Waals surface area (Å²) in [6.07, 6.45) is 4.98. The normalized spacial score (nSPS) is 22.8. The van der Waals surface area contributed by atoms with Crippen LogP contribution >= 0.6 is 0 Å². The lowest BCUT2D eigenvalue weighted by atomic mass is 9.93. The highest BCUT2D eigenvalue weighted by atomic mass is 32.2. The fourth-order valence-electron chi connectivity index (χ4n) is 3.31. The third-order valence-corrected chi connectivity index (χ3v) is 6.20. The molecule has 132 valence electrons. The molecule has 0 bridgehead atoms. The van der Waals surface area contributed by atoms with E-state index in [4.69, 9.17) is 9.47 Å². The van der Waals surface area contributed by atoms with Crippen molar-refractivity contribution in [3.63, 3.8) is 0 Å². The van der Waals surface area contributed by atoms with Crippen LogP contribution in [-0.2, 0) is 22.3 Å². The van der Waals surface area contributed by atoms with Crippen molar-refractivity contribution >= 4 is 11.0 Å². The molecule has 1 atom stereocenters. The second-order valence-electron chi connectivity index (χ2n) is 6.52. The first-order valence-corrected chi connectivity index (χ1v) is 9.57. The van der Waals surface area contributed by atoms with Crippen LogP contribution in [0.3, 0.4) is 0 Å². The molecule has 1 spiro atoms. The lowest BCUT2D eigenvalue weighted by Crippen LogP contribution is -2.49. The minimum atomic E-state index is -1.34. The van der Waals surface area contributed by atoms with E-state index in [0.29, 0.717) is 37.1 Å². The van der Waals surface area contributed by atoms with Gasteiger partial charge in [-0.3, -0.25) is 4.98 Å². The smallest absolute Gasteiger partial charge is 0.231 e. The number of nitrogens with zero attached hydrogens (tertiary/aromatic N) is 3. The molecule has 0 N–H and O–H groups in total. The van der Waals surface area contributed by atoms with Crippen LogP contribution in [0.5, 0.6) is 5.88 Å². The molecular weight excluding hydrogens is 338 g/mol. The zero-order chi connectivity index (χ0) is 17.3. The highest BCUT2D eigenvalue weighted by Crippen LogP contribution is 2.36. The molecule has 1 unspecified atom stereocenters. The second kappa shape index (κ2) is 6.82. The van der Waals surface area contributed by atoms with Crippen LogP contribution in [-0.4, -0.2) is 43.8 Å². The topological polar surface area (TPSA) is 64.6 Å². The van der Waals surface area contributed by atoms with Crippen LogP contribution in [0.15, 0.2) is 41.6 Å². The lowest BCUT2D eigenvalue weighted by Gasteiger charge is -2.37. The quantitative estimate of drug-likeness (QED) is 0.823. The number of aromatic nitrogens is 2. The molecule has 2 aliphatic rings. The average molecular weight is 359 g/mol. The average Bonchev–Trinajstić information content (AvgIpc) is 2.73. The van der Waals surface area contributed by atoms with Gasteiger partial charge in [0.25, 0.3) is 0 Å². The van der Waals surface area contributed by atoms with Gasteiger partial charge in [0, 0.05) is 25.2 Å². The first-order chi connectivity index (χ1) is 12.2. The Hall–Kier alpha value is -1.83. The summed E-state index contributed by atoms with van der Waals surface area (Å²) in [4.78, 5) is 9.43. The Morgan fingerprint density at radius 3 is 2.76 bits per heavy atom. The molecule has 7 heteroatoms. The molecule has 6 nitrogen and oxygen atoms in total. The molecule has 0 radical (unpaired) electrons. The standard InChI is InChI=1S/C18H21N3O3S/c1-14-4-2-8-19-15(14)12-21-13-18(6-10-23-11-7-18)24-17-16(25(21)22)5-3-9-20-17/h2-5,8-9H,6-7,10-13H2,1H3. The summed E-state index contributed by atoms with van der Waals surface area (Å²) in [5.41, 5.74) is 1.61. The molecule has 0 aliphatic carbocycles. The third-order valence-electron chi connectivity index (χ3n) is 4.78.